The molecular formula is C11H13N5. The highest BCUT2D eigenvalue weighted by molar-refractivity contribution is 5.91. The molecule has 0 spiro atoms. The van der Waals surface area contributed by atoms with Crippen molar-refractivity contribution in [1.29, 1.82) is 5.26 Å². The monoisotopic (exact) mass is 215 g/mol. The lowest BCUT2D eigenvalue weighted by Gasteiger charge is -2.06. The summed E-state index contributed by atoms with van der Waals surface area (Å²) in [6.07, 6.45) is 3.21. The van der Waals surface area contributed by atoms with Crippen LogP contribution in [0.4, 0.5) is 5.82 Å². The third-order valence-electron chi connectivity index (χ3n) is 2.37. The topological polar surface area (TPSA) is 80.5 Å². The third-order valence-corrected chi connectivity index (χ3v) is 2.37. The number of hydrogen-bond acceptors (Lipinski definition) is 4. The van der Waals surface area contributed by atoms with Gasteiger partial charge in [-0.2, -0.15) is 5.26 Å². The van der Waals surface area contributed by atoms with E-state index in [0.717, 1.165) is 12.2 Å². The molecule has 0 saturated carbocycles. The number of anilines is 1. The Labute approximate surface area is 93.5 Å². The molecule has 16 heavy (non-hydrogen) atoms. The van der Waals surface area contributed by atoms with Crippen LogP contribution in [-0.4, -0.2) is 14.5 Å². The first-order valence-electron chi connectivity index (χ1n) is 5.13. The highest BCUT2D eigenvalue weighted by Gasteiger charge is 2.13. The van der Waals surface area contributed by atoms with Crippen LogP contribution in [0.5, 0.6) is 0 Å². The molecule has 0 aliphatic heterocycles. The Morgan fingerprint density at radius 1 is 1.50 bits per heavy atom. The first-order chi connectivity index (χ1) is 7.63. The minimum absolute atomic E-state index is 0.365. The van der Waals surface area contributed by atoms with E-state index in [0.29, 0.717) is 22.7 Å². The van der Waals surface area contributed by atoms with Crippen LogP contribution < -0.4 is 5.73 Å². The van der Waals surface area contributed by atoms with Crippen molar-refractivity contribution < 1.29 is 0 Å². The number of nitriles is 1. The fourth-order valence-electron chi connectivity index (χ4n) is 1.76. The van der Waals surface area contributed by atoms with Gasteiger partial charge in [-0.1, -0.05) is 13.8 Å². The maximum atomic E-state index is 9.03. The maximum Gasteiger partial charge on any atom is 0.146 e. The Morgan fingerprint density at radius 3 is 2.88 bits per heavy atom. The zero-order chi connectivity index (χ0) is 11.7. The van der Waals surface area contributed by atoms with E-state index in [1.807, 2.05) is 4.57 Å². The van der Waals surface area contributed by atoms with Gasteiger partial charge in [-0.3, -0.25) is 0 Å². The largest absolute Gasteiger partial charge is 0.383 e. The second-order valence-electron chi connectivity index (χ2n) is 4.16. The Morgan fingerprint density at radius 2 is 2.25 bits per heavy atom. The number of nitrogen functional groups attached to an aromatic ring is 1. The second-order valence-corrected chi connectivity index (χ2v) is 4.16. The van der Waals surface area contributed by atoms with Crippen molar-refractivity contribution in [2.45, 2.75) is 20.4 Å². The zero-order valence-corrected chi connectivity index (χ0v) is 9.31. The molecule has 0 fully saturated rings. The smallest absolute Gasteiger partial charge is 0.146 e. The van der Waals surface area contributed by atoms with Crippen LogP contribution in [-0.2, 0) is 6.54 Å². The number of rotatable bonds is 2. The number of aromatic nitrogens is 3. The minimum Gasteiger partial charge on any atom is -0.383 e. The predicted octanol–water partition coefficient (Wildman–Crippen LogP) is 1.54. The predicted molar refractivity (Wildman–Crippen MR) is 61.5 cm³/mol. The van der Waals surface area contributed by atoms with Gasteiger partial charge in [0.25, 0.3) is 0 Å². The van der Waals surface area contributed by atoms with E-state index in [2.05, 4.69) is 29.9 Å². The summed E-state index contributed by atoms with van der Waals surface area (Å²) in [4.78, 5) is 8.10. The van der Waals surface area contributed by atoms with E-state index in [9.17, 15) is 0 Å². The van der Waals surface area contributed by atoms with Crippen LogP contribution >= 0.6 is 0 Å². The molecule has 0 amide bonds. The molecule has 2 N–H and O–H groups in total. The van der Waals surface area contributed by atoms with Gasteiger partial charge in [0.15, 0.2) is 0 Å². The molecule has 2 aromatic heterocycles. The second kappa shape index (κ2) is 3.81. The number of hydrogen-bond donors (Lipinski definition) is 1. The van der Waals surface area contributed by atoms with E-state index in [1.54, 1.807) is 6.20 Å². The summed E-state index contributed by atoms with van der Waals surface area (Å²) in [7, 11) is 0. The highest BCUT2D eigenvalue weighted by atomic mass is 15.1. The van der Waals surface area contributed by atoms with Gasteiger partial charge in [-0.25, -0.2) is 9.97 Å². The van der Waals surface area contributed by atoms with Gasteiger partial charge >= 0.3 is 0 Å². The van der Waals surface area contributed by atoms with Gasteiger partial charge in [-0.15, -0.1) is 0 Å². The van der Waals surface area contributed by atoms with Crippen molar-refractivity contribution in [2.24, 2.45) is 5.92 Å². The van der Waals surface area contributed by atoms with Crippen LogP contribution in [0.1, 0.15) is 19.4 Å². The Bertz CT molecular complexity index is 561. The SMILES string of the molecule is CC(C)Cn1cc(C#N)c2c(N)ncnc21. The van der Waals surface area contributed by atoms with Crippen LogP contribution in [0, 0.1) is 17.2 Å². The summed E-state index contributed by atoms with van der Waals surface area (Å²) in [6.45, 7) is 5.04. The first-order valence-corrected chi connectivity index (χ1v) is 5.13. The van der Waals surface area contributed by atoms with Crippen molar-refractivity contribution in [3.63, 3.8) is 0 Å². The fraction of sp³-hybridized carbons (Fsp3) is 0.364. The van der Waals surface area contributed by atoms with Crippen molar-refractivity contribution in [3.8, 4) is 6.07 Å². The molecule has 0 saturated heterocycles. The lowest BCUT2D eigenvalue weighted by Crippen LogP contribution is -2.04. The quantitative estimate of drug-likeness (QED) is 0.823. The van der Waals surface area contributed by atoms with E-state index in [4.69, 9.17) is 11.0 Å². The normalized spacial score (nSPS) is 10.9. The van der Waals surface area contributed by atoms with E-state index in [1.165, 1.54) is 6.33 Å². The minimum atomic E-state index is 0.365. The van der Waals surface area contributed by atoms with Gasteiger partial charge in [0.1, 0.15) is 23.9 Å². The molecule has 82 valence electrons. The molecular weight excluding hydrogens is 202 g/mol. The third kappa shape index (κ3) is 1.58. The van der Waals surface area contributed by atoms with E-state index < -0.39 is 0 Å². The van der Waals surface area contributed by atoms with Gasteiger partial charge in [0, 0.05) is 12.7 Å². The van der Waals surface area contributed by atoms with Crippen molar-refractivity contribution >= 4 is 16.9 Å². The van der Waals surface area contributed by atoms with Crippen molar-refractivity contribution in [1.82, 2.24) is 14.5 Å². The molecule has 2 aromatic rings. The van der Waals surface area contributed by atoms with Crippen LogP contribution in [0.3, 0.4) is 0 Å². The van der Waals surface area contributed by atoms with E-state index in [-0.39, 0.29) is 0 Å². The fourth-order valence-corrected chi connectivity index (χ4v) is 1.76. The molecule has 2 heterocycles. The lowest BCUT2D eigenvalue weighted by molar-refractivity contribution is 0.532. The summed E-state index contributed by atoms with van der Waals surface area (Å²) in [5.74, 6) is 0.849. The average molecular weight is 215 g/mol. The zero-order valence-electron chi connectivity index (χ0n) is 9.31. The van der Waals surface area contributed by atoms with Crippen LogP contribution in [0.25, 0.3) is 11.0 Å². The molecule has 0 radical (unpaired) electrons. The lowest BCUT2D eigenvalue weighted by atomic mass is 10.2. The Hall–Kier alpha value is -2.09. The standard InChI is InChI=1S/C11H13N5/c1-7(2)4-16-5-8(3-12)9-10(13)14-6-15-11(9)16/h5-7H,4H2,1-2H3,(H2,13,14,15). The van der Waals surface area contributed by atoms with Crippen LogP contribution in [0.15, 0.2) is 12.5 Å². The summed E-state index contributed by atoms with van der Waals surface area (Å²) >= 11 is 0. The van der Waals surface area contributed by atoms with E-state index >= 15 is 0 Å². The van der Waals surface area contributed by atoms with Gasteiger partial charge < -0.3 is 10.3 Å². The average Bonchev–Trinajstić information content (AvgIpc) is 2.57. The molecule has 2 rings (SSSR count). The summed E-state index contributed by atoms with van der Waals surface area (Å²) in [5, 5.41) is 9.69. The first kappa shape index (κ1) is 10.4. The number of nitrogens with two attached hydrogens (primary N) is 1. The maximum absolute atomic E-state index is 9.03. The van der Waals surface area contributed by atoms with Crippen molar-refractivity contribution in [3.05, 3.63) is 18.1 Å². The molecule has 0 unspecified atom stereocenters. The highest BCUT2D eigenvalue weighted by Crippen LogP contribution is 2.23. The summed E-state index contributed by atoms with van der Waals surface area (Å²) < 4.78 is 1.95. The van der Waals surface area contributed by atoms with Crippen LogP contribution in [0.2, 0.25) is 0 Å². The van der Waals surface area contributed by atoms with Crippen molar-refractivity contribution in [2.75, 3.05) is 5.73 Å². The molecule has 0 aliphatic rings. The van der Waals surface area contributed by atoms with Gasteiger partial charge in [0.05, 0.1) is 10.9 Å². The number of nitrogens with zero attached hydrogens (tertiary/aromatic N) is 4. The van der Waals surface area contributed by atoms with Gasteiger partial charge in [0.2, 0.25) is 0 Å². The molecule has 0 atom stereocenters. The molecule has 0 aliphatic carbocycles. The summed E-state index contributed by atoms with van der Waals surface area (Å²) in [6, 6.07) is 2.12. The summed E-state index contributed by atoms with van der Waals surface area (Å²) in [5.41, 5.74) is 7.03. The molecule has 0 aromatic carbocycles. The molecule has 5 heteroatoms. The number of fused-ring (bicyclic) bond motifs is 1. The molecule has 5 nitrogen and oxygen atoms in total. The molecule has 0 bridgehead atoms. The Balaban J connectivity index is 2.69. The van der Waals surface area contributed by atoms with Gasteiger partial charge in [-0.05, 0) is 5.92 Å². The Kier molecular flexibility index (Phi) is 2.49.